The van der Waals surface area contributed by atoms with E-state index in [1.807, 2.05) is 41.0 Å². The third-order valence-corrected chi connectivity index (χ3v) is 5.79. The molecule has 0 bridgehead atoms. The molecule has 2 aliphatic heterocycles. The van der Waals surface area contributed by atoms with Crippen molar-refractivity contribution >= 4 is 23.8 Å². The maximum absolute atomic E-state index is 12.8. The number of halogens is 6. The van der Waals surface area contributed by atoms with Crippen molar-refractivity contribution in [3.05, 3.63) is 59.7 Å². The normalized spacial score (nSPS) is 18.5. The number of piperidine rings is 1. The van der Waals surface area contributed by atoms with E-state index in [9.17, 15) is 35.9 Å². The Balaban J connectivity index is 0.000000333. The van der Waals surface area contributed by atoms with E-state index >= 15 is 0 Å². The van der Waals surface area contributed by atoms with Crippen molar-refractivity contribution in [2.45, 2.75) is 57.2 Å². The molecule has 16 heteroatoms. The summed E-state index contributed by atoms with van der Waals surface area (Å²) in [4.78, 5) is 55.7. The van der Waals surface area contributed by atoms with Crippen molar-refractivity contribution < 1.29 is 55.7 Å². The predicted molar refractivity (Wildman–Crippen MR) is 124 cm³/mol. The number of likely N-dealkylation sites (tertiary alicyclic amines) is 2. The van der Waals surface area contributed by atoms with E-state index in [4.69, 9.17) is 19.8 Å². The van der Waals surface area contributed by atoms with E-state index in [1.54, 1.807) is 18.3 Å². The van der Waals surface area contributed by atoms with Gasteiger partial charge < -0.3 is 20.0 Å². The predicted octanol–water partition coefficient (Wildman–Crippen LogP) is 3.46. The third kappa shape index (κ3) is 8.91. The molecule has 2 N–H and O–H groups in total. The number of carboxylic acids is 2. The van der Waals surface area contributed by atoms with Crippen LogP contribution in [0.4, 0.5) is 26.3 Å². The van der Waals surface area contributed by atoms with Crippen LogP contribution in [0.25, 0.3) is 0 Å². The molecule has 0 spiro atoms. The smallest absolute Gasteiger partial charge is 0.475 e. The van der Waals surface area contributed by atoms with E-state index in [2.05, 4.69) is 9.97 Å². The van der Waals surface area contributed by atoms with Gasteiger partial charge in [0, 0.05) is 24.9 Å². The number of carbonyl (C=O) groups is 4. The number of alkyl halides is 6. The van der Waals surface area contributed by atoms with E-state index in [0.29, 0.717) is 25.2 Å². The molecule has 2 aromatic rings. The Morgan fingerprint density at radius 2 is 1.52 bits per heavy atom. The number of amides is 2. The number of hydrogen-bond donors (Lipinski definition) is 2. The molecule has 0 aliphatic carbocycles. The van der Waals surface area contributed by atoms with Crippen LogP contribution in [0, 0.1) is 6.92 Å². The van der Waals surface area contributed by atoms with Crippen LogP contribution in [0.2, 0.25) is 0 Å². The first kappa shape index (κ1) is 32.0. The number of fused-ring (bicyclic) bond motifs is 1. The molecular formula is C24H24F6N4O6. The number of carbonyl (C=O) groups excluding carboxylic acids is 2. The van der Waals surface area contributed by atoms with Crippen LogP contribution in [0.15, 0.2) is 42.6 Å². The van der Waals surface area contributed by atoms with Gasteiger partial charge in [-0.2, -0.15) is 26.3 Å². The Hall–Kier alpha value is -4.24. The molecule has 2 fully saturated rings. The van der Waals surface area contributed by atoms with Crippen LogP contribution in [0.5, 0.6) is 0 Å². The third-order valence-electron chi connectivity index (χ3n) is 5.79. The quantitative estimate of drug-likeness (QED) is 0.528. The van der Waals surface area contributed by atoms with Crippen LogP contribution in [0.3, 0.4) is 0 Å². The molecule has 4 heterocycles. The van der Waals surface area contributed by atoms with E-state index in [-0.39, 0.29) is 23.9 Å². The number of rotatable bonds is 3. The van der Waals surface area contributed by atoms with Crippen LogP contribution in [-0.2, 0) is 20.9 Å². The first-order chi connectivity index (χ1) is 18.5. The van der Waals surface area contributed by atoms with Gasteiger partial charge in [-0.25, -0.2) is 9.59 Å². The fourth-order valence-electron chi connectivity index (χ4n) is 4.11. The van der Waals surface area contributed by atoms with Crippen molar-refractivity contribution in [2.24, 2.45) is 0 Å². The summed E-state index contributed by atoms with van der Waals surface area (Å²) in [6, 6.07) is 11.4. The Morgan fingerprint density at radius 1 is 0.925 bits per heavy atom. The maximum atomic E-state index is 12.8. The van der Waals surface area contributed by atoms with E-state index in [0.717, 1.165) is 24.2 Å². The summed E-state index contributed by atoms with van der Waals surface area (Å²) in [5.41, 5.74) is 2.31. The number of nitrogens with zero attached hydrogens (tertiary/aromatic N) is 4. The lowest BCUT2D eigenvalue weighted by molar-refractivity contribution is -0.193. The van der Waals surface area contributed by atoms with Crippen molar-refractivity contribution in [1.82, 2.24) is 19.8 Å². The Morgan fingerprint density at radius 3 is 2.02 bits per heavy atom. The van der Waals surface area contributed by atoms with Gasteiger partial charge in [0.05, 0.1) is 24.3 Å². The fourth-order valence-corrected chi connectivity index (χ4v) is 4.11. The van der Waals surface area contributed by atoms with Crippen molar-refractivity contribution in [1.29, 1.82) is 0 Å². The minimum Gasteiger partial charge on any atom is -0.475 e. The highest BCUT2D eigenvalue weighted by atomic mass is 19.4. The maximum Gasteiger partial charge on any atom is 0.490 e. The molecule has 0 saturated carbocycles. The zero-order chi connectivity index (χ0) is 30.3. The second kappa shape index (κ2) is 13.2. The second-order valence-electron chi connectivity index (χ2n) is 8.57. The van der Waals surface area contributed by atoms with Crippen molar-refractivity contribution in [3.63, 3.8) is 0 Å². The topological polar surface area (TPSA) is 141 Å². The SMILES string of the molecule is Cc1cccc(CN2C(=O)CC[C@H]3[C@@H]2CCN3C(=O)c2ccccn2)n1.O=C(O)C(F)(F)F.O=C(O)C(F)(F)F. The fraction of sp³-hybridized carbons (Fsp3) is 0.417. The molecule has 2 aliphatic rings. The lowest BCUT2D eigenvalue weighted by Gasteiger charge is -2.39. The first-order valence-electron chi connectivity index (χ1n) is 11.6. The zero-order valence-electron chi connectivity index (χ0n) is 20.8. The Bertz CT molecular complexity index is 1180. The first-order valence-corrected chi connectivity index (χ1v) is 11.6. The summed E-state index contributed by atoms with van der Waals surface area (Å²) in [7, 11) is 0. The van der Waals surface area contributed by atoms with Crippen LogP contribution < -0.4 is 0 Å². The van der Waals surface area contributed by atoms with Gasteiger partial charge in [-0.15, -0.1) is 0 Å². The average molecular weight is 578 g/mol. The summed E-state index contributed by atoms with van der Waals surface area (Å²) in [5.74, 6) is -5.40. The zero-order valence-corrected chi connectivity index (χ0v) is 20.8. The second-order valence-corrected chi connectivity index (χ2v) is 8.57. The summed E-state index contributed by atoms with van der Waals surface area (Å²) in [6.07, 6.45) is -6.53. The minimum atomic E-state index is -5.08. The summed E-state index contributed by atoms with van der Waals surface area (Å²) >= 11 is 0. The monoisotopic (exact) mass is 578 g/mol. The average Bonchev–Trinajstić information content (AvgIpc) is 3.30. The van der Waals surface area contributed by atoms with Crippen LogP contribution >= 0.6 is 0 Å². The number of aliphatic carboxylic acids is 2. The number of hydrogen-bond acceptors (Lipinski definition) is 6. The van der Waals surface area contributed by atoms with Gasteiger partial charge in [0.2, 0.25) is 5.91 Å². The lowest BCUT2D eigenvalue weighted by Crippen LogP contribution is -2.52. The molecule has 2 aromatic heterocycles. The molecular weight excluding hydrogens is 554 g/mol. The molecule has 4 rings (SSSR count). The van der Waals surface area contributed by atoms with Crippen LogP contribution in [-0.4, -0.2) is 84.7 Å². The highest BCUT2D eigenvalue weighted by Gasteiger charge is 2.45. The molecule has 0 unspecified atom stereocenters. The molecule has 2 amide bonds. The van der Waals surface area contributed by atoms with Gasteiger partial charge in [-0.1, -0.05) is 12.1 Å². The minimum absolute atomic E-state index is 0.0407. The van der Waals surface area contributed by atoms with Crippen LogP contribution in [0.1, 0.15) is 41.1 Å². The number of aromatic nitrogens is 2. The van der Waals surface area contributed by atoms with Gasteiger partial charge in [0.15, 0.2) is 0 Å². The number of aryl methyl sites for hydroxylation is 1. The molecule has 2 saturated heterocycles. The lowest BCUT2D eigenvalue weighted by atomic mass is 9.95. The Labute approximate surface area is 223 Å². The highest BCUT2D eigenvalue weighted by Crippen LogP contribution is 2.33. The summed E-state index contributed by atoms with van der Waals surface area (Å²) in [5, 5.41) is 14.2. The van der Waals surface area contributed by atoms with Gasteiger partial charge in [0.1, 0.15) is 5.69 Å². The summed E-state index contributed by atoms with van der Waals surface area (Å²) < 4.78 is 63.5. The van der Waals surface area contributed by atoms with Crippen molar-refractivity contribution in [2.75, 3.05) is 6.54 Å². The number of pyridine rings is 2. The van der Waals surface area contributed by atoms with E-state index in [1.165, 1.54) is 0 Å². The van der Waals surface area contributed by atoms with E-state index < -0.39 is 24.3 Å². The number of carboxylic acid groups (broad SMARTS) is 2. The molecule has 10 nitrogen and oxygen atoms in total. The molecule has 40 heavy (non-hydrogen) atoms. The Kier molecular flexibility index (Phi) is 10.6. The largest absolute Gasteiger partial charge is 0.490 e. The standard InChI is InChI=1S/C20H22N4O2.2C2HF3O2/c1-14-5-4-6-15(22-14)13-24-18-10-12-23(17(18)8-9-19(24)25)20(26)16-7-2-3-11-21-16;2*3-2(4,5)1(6)7/h2-7,11,17-18H,8-10,12-13H2,1H3;2*(H,6,7)/t17-,18-;;/m0../s1. The van der Waals surface area contributed by atoms with Crippen molar-refractivity contribution in [3.8, 4) is 0 Å². The molecule has 218 valence electrons. The molecule has 0 radical (unpaired) electrons. The van der Waals surface area contributed by atoms with Gasteiger partial charge in [-0.3, -0.25) is 19.6 Å². The van der Waals surface area contributed by atoms with Gasteiger partial charge in [0.25, 0.3) is 5.91 Å². The molecule has 0 aromatic carbocycles. The molecule has 2 atom stereocenters. The highest BCUT2D eigenvalue weighted by molar-refractivity contribution is 5.93. The summed E-state index contributed by atoms with van der Waals surface area (Å²) in [6.45, 7) is 3.12. The van der Waals surface area contributed by atoms with Gasteiger partial charge in [-0.05, 0) is 44.0 Å². The van der Waals surface area contributed by atoms with Gasteiger partial charge >= 0.3 is 24.3 Å².